The average Bonchev–Trinajstić information content (AvgIpc) is 2.74. The molecule has 1 aliphatic rings. The Bertz CT molecular complexity index is 268. The standard InChI is InChI=1S/C14H30N2O4/c1-14(2,18)20-13-7-6-12(19-13)11(17)10-15-8-5-9-16(3)4/h11-13,15,17-18H,5-10H2,1-4H3/t11-,12?,13-/m1/s1. The summed E-state index contributed by atoms with van der Waals surface area (Å²) in [5, 5.41) is 22.9. The minimum absolute atomic E-state index is 0.219. The molecule has 1 aliphatic heterocycles. The molecule has 0 aromatic heterocycles. The molecule has 120 valence electrons. The van der Waals surface area contributed by atoms with Crippen molar-refractivity contribution in [2.24, 2.45) is 0 Å². The van der Waals surface area contributed by atoms with E-state index in [0.29, 0.717) is 13.0 Å². The molecule has 0 amide bonds. The van der Waals surface area contributed by atoms with Crippen molar-refractivity contribution in [3.05, 3.63) is 0 Å². The highest BCUT2D eigenvalue weighted by molar-refractivity contribution is 4.78. The van der Waals surface area contributed by atoms with Gasteiger partial charge in [0.15, 0.2) is 12.1 Å². The molecule has 0 bridgehead atoms. The van der Waals surface area contributed by atoms with Crippen molar-refractivity contribution in [2.45, 2.75) is 57.4 Å². The molecule has 1 saturated heterocycles. The van der Waals surface area contributed by atoms with E-state index in [9.17, 15) is 10.2 Å². The molecular weight excluding hydrogens is 260 g/mol. The number of hydrogen-bond donors (Lipinski definition) is 3. The molecule has 1 unspecified atom stereocenters. The van der Waals surface area contributed by atoms with Gasteiger partial charge < -0.3 is 29.9 Å². The molecule has 0 radical (unpaired) electrons. The Balaban J connectivity index is 2.14. The summed E-state index contributed by atoms with van der Waals surface area (Å²) in [7, 11) is 4.09. The van der Waals surface area contributed by atoms with Gasteiger partial charge in [-0.05, 0) is 53.9 Å². The van der Waals surface area contributed by atoms with Crippen LogP contribution < -0.4 is 5.32 Å². The van der Waals surface area contributed by atoms with Gasteiger partial charge in [-0.15, -0.1) is 0 Å². The van der Waals surface area contributed by atoms with Gasteiger partial charge in [-0.1, -0.05) is 0 Å². The van der Waals surface area contributed by atoms with Gasteiger partial charge in [0, 0.05) is 13.0 Å². The molecule has 1 fully saturated rings. The normalized spacial score (nSPS) is 25.4. The van der Waals surface area contributed by atoms with Crippen LogP contribution in [0.1, 0.15) is 33.1 Å². The fourth-order valence-electron chi connectivity index (χ4n) is 2.22. The van der Waals surface area contributed by atoms with Gasteiger partial charge in [0.05, 0.1) is 12.2 Å². The third-order valence-electron chi connectivity index (χ3n) is 3.17. The largest absolute Gasteiger partial charge is 0.389 e. The lowest BCUT2D eigenvalue weighted by molar-refractivity contribution is -0.272. The molecular formula is C14H30N2O4. The molecule has 1 rings (SSSR count). The van der Waals surface area contributed by atoms with Gasteiger partial charge in [0.1, 0.15) is 0 Å². The maximum absolute atomic E-state index is 10.1. The lowest BCUT2D eigenvalue weighted by Crippen LogP contribution is -2.38. The summed E-state index contributed by atoms with van der Waals surface area (Å²) < 4.78 is 11.0. The third-order valence-corrected chi connectivity index (χ3v) is 3.17. The summed E-state index contributed by atoms with van der Waals surface area (Å²) in [6, 6.07) is 0. The van der Waals surface area contributed by atoms with Gasteiger partial charge in [0.2, 0.25) is 0 Å². The van der Waals surface area contributed by atoms with E-state index in [1.54, 1.807) is 13.8 Å². The van der Waals surface area contributed by atoms with Crippen LogP contribution in [-0.4, -0.2) is 73.1 Å². The number of aliphatic hydroxyl groups is 2. The lowest BCUT2D eigenvalue weighted by atomic mass is 10.1. The predicted octanol–water partition coefficient (Wildman–Crippen LogP) is 0.139. The number of nitrogens with zero attached hydrogens (tertiary/aromatic N) is 1. The predicted molar refractivity (Wildman–Crippen MR) is 77.3 cm³/mol. The molecule has 20 heavy (non-hydrogen) atoms. The zero-order valence-electron chi connectivity index (χ0n) is 13.1. The summed E-state index contributed by atoms with van der Waals surface area (Å²) in [5.41, 5.74) is 0. The quantitative estimate of drug-likeness (QED) is 0.414. The molecule has 0 aromatic rings. The van der Waals surface area contributed by atoms with E-state index in [2.05, 4.69) is 10.2 Å². The number of aliphatic hydroxyl groups excluding tert-OH is 1. The minimum Gasteiger partial charge on any atom is -0.389 e. The molecule has 6 nitrogen and oxygen atoms in total. The van der Waals surface area contributed by atoms with Crippen LogP contribution in [0.2, 0.25) is 0 Å². The molecule has 0 spiro atoms. The summed E-state index contributed by atoms with van der Waals surface area (Å²) in [4.78, 5) is 2.14. The van der Waals surface area contributed by atoms with Crippen molar-refractivity contribution < 1.29 is 19.7 Å². The topological polar surface area (TPSA) is 74.2 Å². The van der Waals surface area contributed by atoms with Gasteiger partial charge in [0.25, 0.3) is 0 Å². The number of rotatable bonds is 9. The second-order valence-corrected chi connectivity index (χ2v) is 6.17. The monoisotopic (exact) mass is 290 g/mol. The zero-order valence-corrected chi connectivity index (χ0v) is 13.1. The summed E-state index contributed by atoms with van der Waals surface area (Å²) in [5.74, 6) is -1.20. The Labute approximate surface area is 122 Å². The smallest absolute Gasteiger partial charge is 0.162 e. The van der Waals surface area contributed by atoms with Crippen molar-refractivity contribution in [1.29, 1.82) is 0 Å². The highest BCUT2D eigenvalue weighted by atomic mass is 16.7. The van der Waals surface area contributed by atoms with Crippen molar-refractivity contribution in [1.82, 2.24) is 10.2 Å². The van der Waals surface area contributed by atoms with Crippen molar-refractivity contribution in [2.75, 3.05) is 33.7 Å². The molecule has 3 N–H and O–H groups in total. The van der Waals surface area contributed by atoms with E-state index < -0.39 is 18.2 Å². The van der Waals surface area contributed by atoms with E-state index in [4.69, 9.17) is 9.47 Å². The highest BCUT2D eigenvalue weighted by Crippen LogP contribution is 2.25. The van der Waals surface area contributed by atoms with E-state index >= 15 is 0 Å². The fourth-order valence-corrected chi connectivity index (χ4v) is 2.22. The Morgan fingerprint density at radius 3 is 2.70 bits per heavy atom. The summed E-state index contributed by atoms with van der Waals surface area (Å²) >= 11 is 0. The second-order valence-electron chi connectivity index (χ2n) is 6.17. The van der Waals surface area contributed by atoms with Crippen LogP contribution in [0.4, 0.5) is 0 Å². The Morgan fingerprint density at radius 2 is 2.10 bits per heavy atom. The van der Waals surface area contributed by atoms with Crippen LogP contribution in [0.15, 0.2) is 0 Å². The summed E-state index contributed by atoms with van der Waals surface area (Å²) in [6.45, 7) is 5.59. The van der Waals surface area contributed by atoms with E-state index in [1.165, 1.54) is 0 Å². The second kappa shape index (κ2) is 8.26. The van der Waals surface area contributed by atoms with Crippen LogP contribution in [0.3, 0.4) is 0 Å². The first-order valence-corrected chi connectivity index (χ1v) is 7.37. The van der Waals surface area contributed by atoms with Gasteiger partial charge >= 0.3 is 0 Å². The average molecular weight is 290 g/mol. The van der Waals surface area contributed by atoms with Gasteiger partial charge in [-0.2, -0.15) is 0 Å². The number of hydrogen-bond acceptors (Lipinski definition) is 6. The van der Waals surface area contributed by atoms with Crippen LogP contribution >= 0.6 is 0 Å². The van der Waals surface area contributed by atoms with E-state index in [1.807, 2.05) is 14.1 Å². The highest BCUT2D eigenvalue weighted by Gasteiger charge is 2.33. The lowest BCUT2D eigenvalue weighted by Gasteiger charge is -2.24. The van der Waals surface area contributed by atoms with Crippen LogP contribution in [0.25, 0.3) is 0 Å². The molecule has 0 aliphatic carbocycles. The van der Waals surface area contributed by atoms with Gasteiger partial charge in [-0.25, -0.2) is 0 Å². The van der Waals surface area contributed by atoms with Gasteiger partial charge in [-0.3, -0.25) is 0 Å². The van der Waals surface area contributed by atoms with Crippen LogP contribution in [0, 0.1) is 0 Å². The Kier molecular flexibility index (Phi) is 7.36. The fraction of sp³-hybridized carbons (Fsp3) is 1.00. The Morgan fingerprint density at radius 1 is 1.40 bits per heavy atom. The number of nitrogens with one attached hydrogen (secondary N) is 1. The maximum Gasteiger partial charge on any atom is 0.162 e. The minimum atomic E-state index is -1.20. The van der Waals surface area contributed by atoms with Crippen molar-refractivity contribution >= 4 is 0 Å². The van der Waals surface area contributed by atoms with Crippen LogP contribution in [-0.2, 0) is 9.47 Å². The first-order valence-electron chi connectivity index (χ1n) is 7.37. The molecule has 3 atom stereocenters. The van der Waals surface area contributed by atoms with Crippen molar-refractivity contribution in [3.8, 4) is 0 Å². The maximum atomic E-state index is 10.1. The molecule has 0 aromatic carbocycles. The number of ether oxygens (including phenoxy) is 2. The third kappa shape index (κ3) is 7.52. The van der Waals surface area contributed by atoms with E-state index in [0.717, 1.165) is 25.9 Å². The molecule has 1 heterocycles. The first-order chi connectivity index (χ1) is 9.28. The zero-order chi connectivity index (χ0) is 15.2. The SMILES string of the molecule is CN(C)CCCNC[C@@H](O)C1CC[C@@H](OC(C)(C)O)O1. The van der Waals surface area contributed by atoms with E-state index in [-0.39, 0.29) is 6.10 Å². The first kappa shape index (κ1) is 17.8. The van der Waals surface area contributed by atoms with Crippen molar-refractivity contribution in [3.63, 3.8) is 0 Å². The Hall–Kier alpha value is -0.240. The summed E-state index contributed by atoms with van der Waals surface area (Å²) in [6.07, 6.45) is 1.32. The van der Waals surface area contributed by atoms with Crippen LogP contribution in [0.5, 0.6) is 0 Å². The molecule has 6 heteroatoms. The molecule has 0 saturated carbocycles.